The zero-order chi connectivity index (χ0) is 45.6. The summed E-state index contributed by atoms with van der Waals surface area (Å²) in [5, 5.41) is 23.2. The van der Waals surface area contributed by atoms with E-state index in [0.717, 1.165) is 25.7 Å². The maximum absolute atomic E-state index is 12.5. The third kappa shape index (κ3) is 52.0. The van der Waals surface area contributed by atoms with Gasteiger partial charge in [-0.15, -0.1) is 0 Å². The fraction of sp³-hybridized carbons (Fsp3) is 0.949. The first-order valence-corrected chi connectivity index (χ1v) is 29.4. The molecule has 0 saturated carbocycles. The van der Waals surface area contributed by atoms with E-state index < -0.39 is 12.1 Å². The summed E-state index contributed by atoms with van der Waals surface area (Å²) in [6.07, 6.45) is 72.5. The van der Waals surface area contributed by atoms with Crippen molar-refractivity contribution in [3.8, 4) is 0 Å². The Labute approximate surface area is 397 Å². The average Bonchev–Trinajstić information content (AvgIpc) is 3.29. The Kier molecular flexibility index (Phi) is 54.7. The highest BCUT2D eigenvalue weighted by Gasteiger charge is 2.18. The van der Waals surface area contributed by atoms with Crippen LogP contribution in [0.1, 0.15) is 341 Å². The van der Waals surface area contributed by atoms with Crippen molar-refractivity contribution in [2.75, 3.05) is 6.61 Å². The van der Waals surface area contributed by atoms with E-state index in [1.807, 2.05) is 6.08 Å². The van der Waals surface area contributed by atoms with Gasteiger partial charge in [0.2, 0.25) is 5.91 Å². The van der Waals surface area contributed by atoms with Crippen molar-refractivity contribution in [3.63, 3.8) is 0 Å². The molecule has 0 bridgehead atoms. The van der Waals surface area contributed by atoms with Gasteiger partial charge in [0, 0.05) is 6.42 Å². The van der Waals surface area contributed by atoms with Crippen LogP contribution in [0.2, 0.25) is 0 Å². The molecule has 4 heteroatoms. The summed E-state index contributed by atoms with van der Waals surface area (Å²) in [4.78, 5) is 12.5. The molecule has 0 rings (SSSR count). The molecule has 0 fully saturated rings. The smallest absolute Gasteiger partial charge is 0.220 e. The lowest BCUT2D eigenvalue weighted by Crippen LogP contribution is -2.45. The summed E-state index contributed by atoms with van der Waals surface area (Å²) < 4.78 is 0. The van der Waals surface area contributed by atoms with Crippen molar-refractivity contribution in [2.24, 2.45) is 0 Å². The predicted molar refractivity (Wildman–Crippen MR) is 281 cm³/mol. The lowest BCUT2D eigenvalue weighted by atomic mass is 10.0. The minimum Gasteiger partial charge on any atom is -0.394 e. The van der Waals surface area contributed by atoms with Crippen molar-refractivity contribution in [1.29, 1.82) is 0 Å². The second kappa shape index (κ2) is 55.5. The summed E-state index contributed by atoms with van der Waals surface area (Å²) >= 11 is 0. The summed E-state index contributed by atoms with van der Waals surface area (Å²) in [7, 11) is 0. The number of hydrogen-bond donors (Lipinski definition) is 3. The summed E-state index contributed by atoms with van der Waals surface area (Å²) in [6, 6.07) is -0.618. The van der Waals surface area contributed by atoms with Crippen LogP contribution in [-0.2, 0) is 4.79 Å². The van der Waals surface area contributed by atoms with Crippen molar-refractivity contribution in [2.45, 2.75) is 353 Å². The zero-order valence-electron chi connectivity index (χ0n) is 43.4. The quantitative estimate of drug-likeness (QED) is 0.0421. The summed E-state index contributed by atoms with van der Waals surface area (Å²) in [5.41, 5.74) is 0. The second-order valence-electron chi connectivity index (χ2n) is 20.4. The first-order valence-electron chi connectivity index (χ1n) is 29.4. The van der Waals surface area contributed by atoms with Crippen LogP contribution in [0.5, 0.6) is 0 Å². The number of rotatable bonds is 55. The van der Waals surface area contributed by atoms with E-state index in [0.29, 0.717) is 6.42 Å². The molecule has 376 valence electrons. The van der Waals surface area contributed by atoms with Crippen LogP contribution in [-0.4, -0.2) is 34.9 Å². The monoisotopic (exact) mass is 888 g/mol. The molecule has 1 amide bonds. The molecule has 0 aliphatic heterocycles. The van der Waals surface area contributed by atoms with Gasteiger partial charge in [-0.05, 0) is 19.3 Å². The first-order chi connectivity index (χ1) is 31.2. The molecule has 0 aromatic carbocycles. The molecule has 0 spiro atoms. The number of amides is 1. The third-order valence-electron chi connectivity index (χ3n) is 14.0. The summed E-state index contributed by atoms with van der Waals surface area (Å²) in [5.74, 6) is -0.0551. The molecular weight excluding hydrogens is 771 g/mol. The molecule has 0 aliphatic rings. The standard InChI is InChI=1S/C59H117NO3/c1-3-5-7-9-11-13-15-17-19-21-23-25-26-27-28-29-30-31-32-33-35-37-39-41-43-45-47-49-51-53-55-59(63)60-57(56-61)58(62)54-52-50-48-46-44-42-40-38-36-34-24-22-20-18-16-14-12-10-8-6-4-2/h52,54,57-58,61-62H,3-51,53,55-56H2,1-2H3,(H,60,63)/b54-52+. The van der Waals surface area contributed by atoms with Gasteiger partial charge in [0.15, 0.2) is 0 Å². The van der Waals surface area contributed by atoms with Gasteiger partial charge >= 0.3 is 0 Å². The van der Waals surface area contributed by atoms with Crippen LogP contribution in [0.3, 0.4) is 0 Å². The minimum atomic E-state index is -0.835. The number of carbonyl (C=O) groups is 1. The first kappa shape index (κ1) is 62.1. The van der Waals surface area contributed by atoms with E-state index in [1.54, 1.807) is 6.08 Å². The number of aliphatic hydroxyl groups is 2. The second-order valence-corrected chi connectivity index (χ2v) is 20.4. The fourth-order valence-corrected chi connectivity index (χ4v) is 9.54. The number of unbranched alkanes of at least 4 members (excludes halogenated alkanes) is 48. The zero-order valence-corrected chi connectivity index (χ0v) is 43.4. The van der Waals surface area contributed by atoms with Crippen LogP contribution in [0.4, 0.5) is 0 Å². The molecule has 0 saturated heterocycles. The molecule has 2 unspecified atom stereocenters. The average molecular weight is 889 g/mol. The SMILES string of the molecule is CCCCCCCCCCCCCCCCCCCCC/C=C/C(O)C(CO)NC(=O)CCCCCCCCCCCCCCCCCCCCCCCCCCCCCCCC. The Morgan fingerprint density at radius 2 is 0.587 bits per heavy atom. The number of carbonyl (C=O) groups excluding carboxylic acids is 1. The van der Waals surface area contributed by atoms with Gasteiger partial charge in [0.25, 0.3) is 0 Å². The van der Waals surface area contributed by atoms with Gasteiger partial charge in [-0.25, -0.2) is 0 Å². The summed E-state index contributed by atoms with van der Waals surface area (Å²) in [6.45, 7) is 4.36. The lowest BCUT2D eigenvalue weighted by Gasteiger charge is -2.20. The Hall–Kier alpha value is -0.870. The Bertz CT molecular complexity index is 875. The number of allylic oxidation sites excluding steroid dienone is 1. The van der Waals surface area contributed by atoms with Crippen LogP contribution in [0.15, 0.2) is 12.2 Å². The van der Waals surface area contributed by atoms with Gasteiger partial charge in [-0.1, -0.05) is 328 Å². The highest BCUT2D eigenvalue weighted by atomic mass is 16.3. The van der Waals surface area contributed by atoms with E-state index in [9.17, 15) is 15.0 Å². The molecule has 4 nitrogen and oxygen atoms in total. The molecule has 0 aromatic heterocycles. The third-order valence-corrected chi connectivity index (χ3v) is 14.0. The highest BCUT2D eigenvalue weighted by molar-refractivity contribution is 5.76. The van der Waals surface area contributed by atoms with E-state index in [1.165, 1.54) is 295 Å². The fourth-order valence-electron chi connectivity index (χ4n) is 9.54. The van der Waals surface area contributed by atoms with Crippen LogP contribution >= 0.6 is 0 Å². The van der Waals surface area contributed by atoms with Gasteiger partial charge in [-0.3, -0.25) is 4.79 Å². The number of hydrogen-bond acceptors (Lipinski definition) is 3. The van der Waals surface area contributed by atoms with Crippen molar-refractivity contribution >= 4 is 5.91 Å². The van der Waals surface area contributed by atoms with Crippen LogP contribution in [0, 0.1) is 0 Å². The molecule has 0 aromatic rings. The minimum absolute atomic E-state index is 0.0551. The van der Waals surface area contributed by atoms with Crippen molar-refractivity contribution in [3.05, 3.63) is 12.2 Å². The lowest BCUT2D eigenvalue weighted by molar-refractivity contribution is -0.123. The normalized spacial score (nSPS) is 12.8. The van der Waals surface area contributed by atoms with Crippen molar-refractivity contribution in [1.82, 2.24) is 5.32 Å². The highest BCUT2D eigenvalue weighted by Crippen LogP contribution is 2.18. The Morgan fingerprint density at radius 3 is 0.825 bits per heavy atom. The van der Waals surface area contributed by atoms with E-state index in [4.69, 9.17) is 0 Å². The van der Waals surface area contributed by atoms with Gasteiger partial charge < -0.3 is 15.5 Å². The van der Waals surface area contributed by atoms with E-state index >= 15 is 0 Å². The van der Waals surface area contributed by atoms with Gasteiger partial charge in [0.1, 0.15) is 0 Å². The molecule has 0 aliphatic carbocycles. The van der Waals surface area contributed by atoms with Crippen molar-refractivity contribution < 1.29 is 15.0 Å². The Morgan fingerprint density at radius 1 is 0.365 bits per heavy atom. The maximum Gasteiger partial charge on any atom is 0.220 e. The molecule has 0 radical (unpaired) electrons. The largest absolute Gasteiger partial charge is 0.394 e. The Balaban J connectivity index is 3.42. The predicted octanol–water partition coefficient (Wildman–Crippen LogP) is 19.3. The maximum atomic E-state index is 12.5. The van der Waals surface area contributed by atoms with Crippen LogP contribution in [0.25, 0.3) is 0 Å². The topological polar surface area (TPSA) is 69.6 Å². The van der Waals surface area contributed by atoms with Gasteiger partial charge in [0.05, 0.1) is 18.8 Å². The van der Waals surface area contributed by atoms with Crippen LogP contribution < -0.4 is 5.32 Å². The van der Waals surface area contributed by atoms with Gasteiger partial charge in [-0.2, -0.15) is 0 Å². The van der Waals surface area contributed by atoms with E-state index in [2.05, 4.69) is 19.2 Å². The van der Waals surface area contributed by atoms with E-state index in [-0.39, 0.29) is 12.5 Å². The molecule has 63 heavy (non-hydrogen) atoms. The molecule has 2 atom stereocenters. The number of nitrogens with one attached hydrogen (secondary N) is 1. The molecule has 0 heterocycles. The molecule has 3 N–H and O–H groups in total. The number of aliphatic hydroxyl groups excluding tert-OH is 2. The molecular formula is C59H117NO3.